The molecule has 3 heteroatoms. The average molecular weight is 241 g/mol. The summed E-state index contributed by atoms with van der Waals surface area (Å²) in [7, 11) is 0. The molecular weight excluding hydrogens is 218 g/mol. The molecule has 0 aromatic carbocycles. The molecule has 1 unspecified atom stereocenters. The SMILES string of the molecule is CCCNC(CCOCCC)c1ccsc1. The quantitative estimate of drug-likeness (QED) is 0.667. The van der Waals surface area contributed by atoms with Gasteiger partial charge in [0.1, 0.15) is 0 Å². The lowest BCUT2D eigenvalue weighted by molar-refractivity contribution is 0.124. The number of nitrogens with one attached hydrogen (secondary N) is 1. The lowest BCUT2D eigenvalue weighted by Gasteiger charge is -2.17. The maximum atomic E-state index is 5.55. The second kappa shape index (κ2) is 8.74. The molecule has 1 heterocycles. The molecule has 1 atom stereocenters. The summed E-state index contributed by atoms with van der Waals surface area (Å²) in [4.78, 5) is 0. The minimum absolute atomic E-state index is 0.461. The van der Waals surface area contributed by atoms with Crippen molar-refractivity contribution < 1.29 is 4.74 Å². The van der Waals surface area contributed by atoms with E-state index in [1.165, 1.54) is 12.0 Å². The molecule has 1 aromatic rings. The Hall–Kier alpha value is -0.380. The average Bonchev–Trinajstić information content (AvgIpc) is 2.82. The van der Waals surface area contributed by atoms with E-state index in [0.717, 1.165) is 32.6 Å². The minimum Gasteiger partial charge on any atom is -0.381 e. The van der Waals surface area contributed by atoms with Gasteiger partial charge in [-0.1, -0.05) is 13.8 Å². The Morgan fingerprint density at radius 2 is 2.19 bits per heavy atom. The topological polar surface area (TPSA) is 21.3 Å². The van der Waals surface area contributed by atoms with Gasteiger partial charge >= 0.3 is 0 Å². The van der Waals surface area contributed by atoms with Crippen LogP contribution < -0.4 is 5.32 Å². The van der Waals surface area contributed by atoms with Gasteiger partial charge in [-0.25, -0.2) is 0 Å². The molecule has 0 fully saturated rings. The molecule has 0 amide bonds. The molecule has 0 aliphatic carbocycles. The van der Waals surface area contributed by atoms with Gasteiger partial charge in [-0.3, -0.25) is 0 Å². The van der Waals surface area contributed by atoms with Crippen LogP contribution in [0.4, 0.5) is 0 Å². The molecule has 0 aliphatic rings. The van der Waals surface area contributed by atoms with Crippen molar-refractivity contribution in [1.29, 1.82) is 0 Å². The van der Waals surface area contributed by atoms with Gasteiger partial charge in [-0.2, -0.15) is 11.3 Å². The third-order valence-electron chi connectivity index (χ3n) is 2.49. The number of hydrogen-bond donors (Lipinski definition) is 1. The van der Waals surface area contributed by atoms with Crippen LogP contribution >= 0.6 is 11.3 Å². The van der Waals surface area contributed by atoms with Gasteiger partial charge < -0.3 is 10.1 Å². The molecule has 0 saturated carbocycles. The zero-order valence-electron chi connectivity index (χ0n) is 10.4. The van der Waals surface area contributed by atoms with Crippen molar-refractivity contribution >= 4 is 11.3 Å². The van der Waals surface area contributed by atoms with Crippen molar-refractivity contribution in [3.8, 4) is 0 Å². The molecule has 1 rings (SSSR count). The van der Waals surface area contributed by atoms with Crippen LogP contribution in [0.5, 0.6) is 0 Å². The second-order valence-corrected chi connectivity index (χ2v) is 4.74. The molecule has 0 spiro atoms. The van der Waals surface area contributed by atoms with Crippen molar-refractivity contribution in [2.45, 2.75) is 39.2 Å². The van der Waals surface area contributed by atoms with E-state index in [9.17, 15) is 0 Å². The Morgan fingerprint density at radius 3 is 2.81 bits per heavy atom. The van der Waals surface area contributed by atoms with Crippen LogP contribution in [0.2, 0.25) is 0 Å². The van der Waals surface area contributed by atoms with E-state index in [0.29, 0.717) is 6.04 Å². The predicted molar refractivity (Wildman–Crippen MR) is 71.1 cm³/mol. The van der Waals surface area contributed by atoms with E-state index in [-0.39, 0.29) is 0 Å². The number of ether oxygens (including phenoxy) is 1. The summed E-state index contributed by atoms with van der Waals surface area (Å²) in [6.07, 6.45) is 3.35. The highest BCUT2D eigenvalue weighted by molar-refractivity contribution is 7.07. The smallest absolute Gasteiger partial charge is 0.0484 e. The zero-order valence-corrected chi connectivity index (χ0v) is 11.2. The summed E-state index contributed by atoms with van der Waals surface area (Å²) in [6.45, 7) is 7.15. The van der Waals surface area contributed by atoms with Crippen molar-refractivity contribution in [3.05, 3.63) is 22.4 Å². The first-order valence-corrected chi connectivity index (χ1v) is 7.16. The first-order chi connectivity index (χ1) is 7.88. The Morgan fingerprint density at radius 1 is 1.31 bits per heavy atom. The Balaban J connectivity index is 2.32. The maximum absolute atomic E-state index is 5.55. The molecule has 16 heavy (non-hydrogen) atoms. The second-order valence-electron chi connectivity index (χ2n) is 3.96. The van der Waals surface area contributed by atoms with Crippen LogP contribution in [0, 0.1) is 0 Å². The zero-order chi connectivity index (χ0) is 11.6. The highest BCUT2D eigenvalue weighted by Crippen LogP contribution is 2.19. The number of rotatable bonds is 9. The summed E-state index contributed by atoms with van der Waals surface area (Å²) in [5.74, 6) is 0. The minimum atomic E-state index is 0.461. The van der Waals surface area contributed by atoms with Crippen LogP contribution in [0.3, 0.4) is 0 Å². The van der Waals surface area contributed by atoms with Gasteiger partial charge in [-0.05, 0) is 48.2 Å². The standard InChI is InChI=1S/C13H23NOS/c1-3-7-14-13(5-9-15-8-4-2)12-6-10-16-11-12/h6,10-11,13-14H,3-5,7-9H2,1-2H3. The number of thiophene rings is 1. The molecule has 0 bridgehead atoms. The van der Waals surface area contributed by atoms with E-state index in [1.54, 1.807) is 11.3 Å². The fourth-order valence-corrected chi connectivity index (χ4v) is 2.34. The summed E-state index contributed by atoms with van der Waals surface area (Å²) in [6, 6.07) is 2.67. The first-order valence-electron chi connectivity index (χ1n) is 6.21. The molecular formula is C13H23NOS. The summed E-state index contributed by atoms with van der Waals surface area (Å²) < 4.78 is 5.55. The van der Waals surface area contributed by atoms with Crippen LogP contribution in [-0.4, -0.2) is 19.8 Å². The lowest BCUT2D eigenvalue weighted by Crippen LogP contribution is -2.23. The fourth-order valence-electron chi connectivity index (χ4n) is 1.63. The summed E-state index contributed by atoms with van der Waals surface area (Å²) >= 11 is 1.76. The van der Waals surface area contributed by atoms with Gasteiger partial charge in [0.25, 0.3) is 0 Å². The van der Waals surface area contributed by atoms with Gasteiger partial charge in [0.15, 0.2) is 0 Å². The van der Waals surface area contributed by atoms with Gasteiger partial charge in [0.05, 0.1) is 0 Å². The van der Waals surface area contributed by atoms with Crippen LogP contribution in [0.15, 0.2) is 16.8 Å². The van der Waals surface area contributed by atoms with Gasteiger partial charge in [0, 0.05) is 19.3 Å². The van der Waals surface area contributed by atoms with Crippen molar-refractivity contribution in [1.82, 2.24) is 5.32 Å². The predicted octanol–water partition coefficient (Wildman–Crippen LogP) is 3.61. The fraction of sp³-hybridized carbons (Fsp3) is 0.692. The molecule has 2 nitrogen and oxygen atoms in total. The first kappa shape index (κ1) is 13.7. The Bertz CT molecular complexity index is 248. The molecule has 1 aromatic heterocycles. The summed E-state index contributed by atoms with van der Waals surface area (Å²) in [5.41, 5.74) is 1.40. The van der Waals surface area contributed by atoms with Crippen molar-refractivity contribution in [2.24, 2.45) is 0 Å². The van der Waals surface area contributed by atoms with E-state index in [2.05, 4.69) is 36.0 Å². The van der Waals surface area contributed by atoms with Crippen molar-refractivity contribution in [2.75, 3.05) is 19.8 Å². The van der Waals surface area contributed by atoms with E-state index < -0.39 is 0 Å². The van der Waals surface area contributed by atoms with Crippen molar-refractivity contribution in [3.63, 3.8) is 0 Å². The Labute approximate surface area is 103 Å². The van der Waals surface area contributed by atoms with Crippen LogP contribution in [0.25, 0.3) is 0 Å². The van der Waals surface area contributed by atoms with E-state index in [4.69, 9.17) is 4.74 Å². The monoisotopic (exact) mass is 241 g/mol. The maximum Gasteiger partial charge on any atom is 0.0484 e. The van der Waals surface area contributed by atoms with E-state index >= 15 is 0 Å². The van der Waals surface area contributed by atoms with E-state index in [1.807, 2.05) is 0 Å². The van der Waals surface area contributed by atoms with Gasteiger partial charge in [-0.15, -0.1) is 0 Å². The molecule has 0 saturated heterocycles. The lowest BCUT2D eigenvalue weighted by atomic mass is 10.1. The van der Waals surface area contributed by atoms with Gasteiger partial charge in [0.2, 0.25) is 0 Å². The third-order valence-corrected chi connectivity index (χ3v) is 3.19. The largest absolute Gasteiger partial charge is 0.381 e. The van der Waals surface area contributed by atoms with Crippen LogP contribution in [-0.2, 0) is 4.74 Å². The van der Waals surface area contributed by atoms with Crippen LogP contribution in [0.1, 0.15) is 44.7 Å². The molecule has 92 valence electrons. The Kier molecular flexibility index (Phi) is 7.47. The molecule has 0 aliphatic heterocycles. The highest BCUT2D eigenvalue weighted by Gasteiger charge is 2.10. The number of hydrogen-bond acceptors (Lipinski definition) is 3. The molecule has 0 radical (unpaired) electrons. The highest BCUT2D eigenvalue weighted by atomic mass is 32.1. The molecule has 1 N–H and O–H groups in total. The summed E-state index contributed by atoms with van der Waals surface area (Å²) in [5, 5.41) is 7.95. The normalized spacial score (nSPS) is 12.9. The third kappa shape index (κ3) is 5.10.